The molecule has 0 saturated carbocycles. The third-order valence-corrected chi connectivity index (χ3v) is 5.92. The number of hydrogen-bond acceptors (Lipinski definition) is 4. The Morgan fingerprint density at radius 3 is 2.41 bits per heavy atom. The molecule has 6 heteroatoms. The number of amides is 1. The fourth-order valence-electron chi connectivity index (χ4n) is 3.66. The van der Waals surface area contributed by atoms with Gasteiger partial charge in [-0.1, -0.05) is 30.3 Å². The van der Waals surface area contributed by atoms with Crippen molar-refractivity contribution < 1.29 is 9.90 Å². The molecule has 1 saturated heterocycles. The monoisotopic (exact) mass is 397 g/mol. The van der Waals surface area contributed by atoms with Crippen LogP contribution in [-0.4, -0.2) is 64.2 Å². The summed E-state index contributed by atoms with van der Waals surface area (Å²) >= 11 is 0. The van der Waals surface area contributed by atoms with Crippen molar-refractivity contribution in [1.29, 1.82) is 0 Å². The average Bonchev–Trinajstić information content (AvgIpc) is 2.71. The highest BCUT2D eigenvalue weighted by Crippen LogP contribution is 2.26. The average molecular weight is 398 g/mol. The highest BCUT2D eigenvalue weighted by atomic mass is 16.3. The molecule has 1 amide bonds. The minimum absolute atomic E-state index is 0.0320. The van der Waals surface area contributed by atoms with Gasteiger partial charge in [-0.05, 0) is 39.3 Å². The van der Waals surface area contributed by atoms with E-state index >= 15 is 0 Å². The van der Waals surface area contributed by atoms with Gasteiger partial charge in [-0.3, -0.25) is 9.59 Å². The number of carbonyl (C=O) groups is 1. The van der Waals surface area contributed by atoms with Crippen LogP contribution < -0.4 is 5.56 Å². The van der Waals surface area contributed by atoms with Crippen molar-refractivity contribution in [2.24, 2.45) is 0 Å². The van der Waals surface area contributed by atoms with Crippen LogP contribution in [0, 0.1) is 0 Å². The maximum atomic E-state index is 13.2. The van der Waals surface area contributed by atoms with Crippen LogP contribution in [0.2, 0.25) is 0 Å². The van der Waals surface area contributed by atoms with Gasteiger partial charge in [-0.25, -0.2) is 0 Å². The Labute approximate surface area is 172 Å². The van der Waals surface area contributed by atoms with Gasteiger partial charge in [0.2, 0.25) is 0 Å². The highest BCUT2D eigenvalue weighted by molar-refractivity contribution is 6.00. The quantitative estimate of drug-likeness (QED) is 0.842. The molecule has 0 bridgehead atoms. The summed E-state index contributed by atoms with van der Waals surface area (Å²) in [4.78, 5) is 29.9. The molecule has 1 aromatic heterocycles. The molecule has 0 radical (unpaired) electrons. The largest absolute Gasteiger partial charge is 0.388 e. The molecule has 1 N–H and O–H groups in total. The number of likely N-dealkylation sites (tertiary alicyclic amines) is 1. The first-order valence-corrected chi connectivity index (χ1v) is 10.2. The van der Waals surface area contributed by atoms with Crippen LogP contribution in [0.25, 0.3) is 11.1 Å². The van der Waals surface area contributed by atoms with Crippen LogP contribution in [0.4, 0.5) is 0 Å². The second kappa shape index (κ2) is 8.51. The third kappa shape index (κ3) is 4.77. The summed E-state index contributed by atoms with van der Waals surface area (Å²) in [5.41, 5.74) is 0.785. The molecule has 0 spiro atoms. The van der Waals surface area contributed by atoms with E-state index in [0.717, 1.165) is 18.7 Å². The van der Waals surface area contributed by atoms with Crippen molar-refractivity contribution >= 4 is 5.91 Å². The van der Waals surface area contributed by atoms with Crippen LogP contribution >= 0.6 is 0 Å². The van der Waals surface area contributed by atoms with Crippen molar-refractivity contribution in [3.63, 3.8) is 0 Å². The van der Waals surface area contributed by atoms with Crippen molar-refractivity contribution in [3.05, 3.63) is 58.5 Å². The molecule has 29 heavy (non-hydrogen) atoms. The summed E-state index contributed by atoms with van der Waals surface area (Å²) < 4.78 is 1.50. The molecule has 2 heterocycles. The van der Waals surface area contributed by atoms with Crippen molar-refractivity contribution in [2.75, 3.05) is 27.2 Å². The molecule has 3 rings (SSSR count). The van der Waals surface area contributed by atoms with Gasteiger partial charge in [-0.15, -0.1) is 0 Å². The smallest absolute Gasteiger partial charge is 0.255 e. The highest BCUT2D eigenvalue weighted by Gasteiger charge is 2.32. The molecule has 156 valence electrons. The molecule has 2 aromatic rings. The Balaban J connectivity index is 2.04. The molecule has 0 unspecified atom stereocenters. The SMILES string of the molecule is CC(C)N(C)C(=O)c1cn(CC2(O)CCN(C)CC2)c(=O)cc1-c1ccccc1. The van der Waals surface area contributed by atoms with Crippen molar-refractivity contribution in [3.8, 4) is 11.1 Å². The van der Waals surface area contributed by atoms with Gasteiger partial charge >= 0.3 is 0 Å². The summed E-state index contributed by atoms with van der Waals surface area (Å²) in [6.45, 7) is 5.68. The van der Waals surface area contributed by atoms with E-state index in [9.17, 15) is 14.7 Å². The van der Waals surface area contributed by atoms with E-state index in [4.69, 9.17) is 0 Å². The Kier molecular flexibility index (Phi) is 6.24. The third-order valence-electron chi connectivity index (χ3n) is 5.92. The van der Waals surface area contributed by atoms with E-state index in [1.165, 1.54) is 10.6 Å². The molecular formula is C23H31N3O3. The maximum absolute atomic E-state index is 13.2. The number of nitrogens with zero attached hydrogens (tertiary/aromatic N) is 3. The lowest BCUT2D eigenvalue weighted by Gasteiger charge is -2.37. The van der Waals surface area contributed by atoms with Crippen LogP contribution in [0.5, 0.6) is 0 Å². The molecule has 1 aromatic carbocycles. The number of aromatic nitrogens is 1. The van der Waals surface area contributed by atoms with E-state index < -0.39 is 5.60 Å². The predicted octanol–water partition coefficient (Wildman–Crippen LogP) is 2.45. The second-order valence-corrected chi connectivity index (χ2v) is 8.47. The lowest BCUT2D eigenvalue weighted by Crippen LogP contribution is -2.47. The minimum atomic E-state index is -0.936. The number of piperidine rings is 1. The van der Waals surface area contributed by atoms with Gasteiger partial charge in [0.25, 0.3) is 11.5 Å². The Bertz CT molecular complexity index is 913. The maximum Gasteiger partial charge on any atom is 0.255 e. The molecule has 0 aliphatic carbocycles. The topological polar surface area (TPSA) is 65.8 Å². The van der Waals surface area contributed by atoms with E-state index in [1.54, 1.807) is 18.1 Å². The number of carbonyl (C=O) groups excluding carboxylic acids is 1. The van der Waals surface area contributed by atoms with Crippen LogP contribution in [0.1, 0.15) is 37.0 Å². The first-order valence-electron chi connectivity index (χ1n) is 10.2. The lowest BCUT2D eigenvalue weighted by atomic mass is 9.91. The molecule has 0 atom stereocenters. The first-order chi connectivity index (χ1) is 13.7. The summed E-state index contributed by atoms with van der Waals surface area (Å²) in [7, 11) is 3.79. The number of hydrogen-bond donors (Lipinski definition) is 1. The van der Waals surface area contributed by atoms with Gasteiger partial charge in [0, 0.05) is 44.0 Å². The zero-order valence-electron chi connectivity index (χ0n) is 17.8. The number of benzene rings is 1. The van der Waals surface area contributed by atoms with Gasteiger partial charge in [0.1, 0.15) is 0 Å². The molecular weight excluding hydrogens is 366 g/mol. The van der Waals surface area contributed by atoms with Gasteiger partial charge in [0.15, 0.2) is 0 Å². The molecule has 6 nitrogen and oxygen atoms in total. The van der Waals surface area contributed by atoms with Crippen molar-refractivity contribution in [2.45, 2.75) is 44.9 Å². The second-order valence-electron chi connectivity index (χ2n) is 8.47. The normalized spacial score (nSPS) is 16.8. The lowest BCUT2D eigenvalue weighted by molar-refractivity contribution is -0.0298. The fraction of sp³-hybridized carbons (Fsp3) is 0.478. The number of aliphatic hydroxyl groups is 1. The van der Waals surface area contributed by atoms with Crippen LogP contribution in [0.15, 0.2) is 47.4 Å². The molecule has 1 fully saturated rings. The Hall–Kier alpha value is -2.44. The summed E-state index contributed by atoms with van der Waals surface area (Å²) in [5, 5.41) is 11.0. The first kappa shape index (κ1) is 21.3. The van der Waals surface area contributed by atoms with E-state index in [-0.39, 0.29) is 24.1 Å². The van der Waals surface area contributed by atoms with Gasteiger partial charge in [-0.2, -0.15) is 0 Å². The van der Waals surface area contributed by atoms with Crippen LogP contribution in [-0.2, 0) is 6.54 Å². The molecule has 1 aliphatic heterocycles. The summed E-state index contributed by atoms with van der Waals surface area (Å²) in [5.74, 6) is -0.136. The van der Waals surface area contributed by atoms with Gasteiger partial charge < -0.3 is 19.5 Å². The minimum Gasteiger partial charge on any atom is -0.388 e. The van der Waals surface area contributed by atoms with Gasteiger partial charge in [0.05, 0.1) is 17.7 Å². The Morgan fingerprint density at radius 1 is 1.21 bits per heavy atom. The molecule has 1 aliphatic rings. The van der Waals surface area contributed by atoms with Crippen molar-refractivity contribution in [1.82, 2.24) is 14.4 Å². The fourth-order valence-corrected chi connectivity index (χ4v) is 3.66. The van der Waals surface area contributed by atoms with E-state index in [1.807, 2.05) is 51.2 Å². The number of pyridine rings is 1. The van der Waals surface area contributed by atoms with Crippen LogP contribution in [0.3, 0.4) is 0 Å². The summed E-state index contributed by atoms with van der Waals surface area (Å²) in [6.07, 6.45) is 2.83. The van der Waals surface area contributed by atoms with E-state index in [0.29, 0.717) is 24.0 Å². The van der Waals surface area contributed by atoms with E-state index in [2.05, 4.69) is 4.90 Å². The summed E-state index contributed by atoms with van der Waals surface area (Å²) in [6, 6.07) is 11.0. The standard InChI is InChI=1S/C23H31N3O3/c1-17(2)25(4)22(28)20-15-26(16-23(29)10-12-24(3)13-11-23)21(27)14-19(20)18-8-6-5-7-9-18/h5-9,14-15,17,29H,10-13,16H2,1-4H3. The Morgan fingerprint density at radius 2 is 1.83 bits per heavy atom. The zero-order valence-corrected chi connectivity index (χ0v) is 17.8. The number of rotatable bonds is 5. The predicted molar refractivity (Wildman–Crippen MR) is 115 cm³/mol. The zero-order chi connectivity index (χ0) is 21.2.